The van der Waals surface area contributed by atoms with Gasteiger partial charge < -0.3 is 10.2 Å². The Morgan fingerprint density at radius 2 is 1.40 bits per heavy atom. The van der Waals surface area contributed by atoms with E-state index in [0.29, 0.717) is 23.7 Å². The second kappa shape index (κ2) is 2.23. The third-order valence-electron chi connectivity index (χ3n) is 4.54. The predicted octanol–water partition coefficient (Wildman–Crippen LogP) is 2.20. The Balaban J connectivity index is 2.01. The van der Waals surface area contributed by atoms with Crippen molar-refractivity contribution in [1.29, 1.82) is 0 Å². The van der Waals surface area contributed by atoms with Crippen LogP contribution in [0.15, 0.2) is 12.2 Å². The molecule has 2 bridgehead atoms. The Hall–Kier alpha value is -1.38. The summed E-state index contributed by atoms with van der Waals surface area (Å²) in [5.74, 6) is 2.42. The second-order valence-corrected chi connectivity index (χ2v) is 4.99. The molecule has 4 unspecified atom stereocenters. The van der Waals surface area contributed by atoms with Gasteiger partial charge in [-0.25, -0.2) is 0 Å². The zero-order valence-corrected chi connectivity index (χ0v) is 8.27. The third-order valence-corrected chi connectivity index (χ3v) is 4.54. The standard InChI is InChI=1S/C12H13NO2/c14-11-9-7-3-4-8(6-2-1-5(6)7)10(9)12(15)13-11/h3-8,13-15H,1-2H2. The lowest BCUT2D eigenvalue weighted by molar-refractivity contribution is 0.114. The maximum Gasteiger partial charge on any atom is 0.195 e. The zero-order chi connectivity index (χ0) is 10.2. The largest absolute Gasteiger partial charge is 0.494 e. The van der Waals surface area contributed by atoms with Crippen LogP contribution in [-0.4, -0.2) is 15.2 Å². The van der Waals surface area contributed by atoms with Crippen molar-refractivity contribution < 1.29 is 10.2 Å². The van der Waals surface area contributed by atoms with Crippen LogP contribution in [0.1, 0.15) is 35.8 Å². The average molecular weight is 203 g/mol. The maximum atomic E-state index is 9.78. The summed E-state index contributed by atoms with van der Waals surface area (Å²) < 4.78 is 0. The molecule has 3 heteroatoms. The van der Waals surface area contributed by atoms with Gasteiger partial charge in [-0.2, -0.15) is 0 Å². The minimum Gasteiger partial charge on any atom is -0.494 e. The molecule has 1 aromatic rings. The van der Waals surface area contributed by atoms with E-state index in [1.54, 1.807) is 0 Å². The summed E-state index contributed by atoms with van der Waals surface area (Å²) in [5, 5.41) is 19.6. The van der Waals surface area contributed by atoms with E-state index in [1.807, 2.05) is 0 Å². The number of hydrogen-bond acceptors (Lipinski definition) is 2. The molecule has 0 aliphatic heterocycles. The van der Waals surface area contributed by atoms with Crippen molar-refractivity contribution in [2.75, 3.05) is 0 Å². The second-order valence-electron chi connectivity index (χ2n) is 4.99. The number of nitrogens with one attached hydrogen (secondary N) is 1. The van der Waals surface area contributed by atoms with Crippen molar-refractivity contribution in [2.24, 2.45) is 11.8 Å². The van der Waals surface area contributed by atoms with Crippen LogP contribution in [-0.2, 0) is 0 Å². The normalized spacial score (nSPS) is 39.7. The van der Waals surface area contributed by atoms with Gasteiger partial charge in [-0.1, -0.05) is 12.2 Å². The first-order valence-corrected chi connectivity index (χ1v) is 5.59. The van der Waals surface area contributed by atoms with Gasteiger partial charge in [0.2, 0.25) is 0 Å². The highest BCUT2D eigenvalue weighted by atomic mass is 16.3. The first-order chi connectivity index (χ1) is 7.27. The lowest BCUT2D eigenvalue weighted by Crippen LogP contribution is -2.41. The van der Waals surface area contributed by atoms with Crippen molar-refractivity contribution in [1.82, 2.24) is 4.98 Å². The molecule has 78 valence electrons. The minimum atomic E-state index is 0.173. The molecule has 1 heterocycles. The van der Waals surface area contributed by atoms with Crippen LogP contribution in [0.25, 0.3) is 0 Å². The maximum absolute atomic E-state index is 9.78. The van der Waals surface area contributed by atoms with E-state index in [2.05, 4.69) is 17.1 Å². The minimum absolute atomic E-state index is 0.173. The molecule has 3 nitrogen and oxygen atoms in total. The number of H-pyrrole nitrogens is 1. The first kappa shape index (κ1) is 7.85. The van der Waals surface area contributed by atoms with Gasteiger partial charge in [-0.15, -0.1) is 0 Å². The van der Waals surface area contributed by atoms with Gasteiger partial charge in [0.25, 0.3) is 0 Å². The SMILES string of the molecule is Oc1[nH]c(O)c2c1C1C=CC2C2CCC12. The van der Waals surface area contributed by atoms with Crippen molar-refractivity contribution in [3.63, 3.8) is 0 Å². The molecule has 0 spiro atoms. The zero-order valence-electron chi connectivity index (χ0n) is 8.27. The summed E-state index contributed by atoms with van der Waals surface area (Å²) >= 11 is 0. The Bertz CT molecular complexity index is 434. The van der Waals surface area contributed by atoms with Gasteiger partial charge in [0.05, 0.1) is 0 Å². The van der Waals surface area contributed by atoms with Gasteiger partial charge in [0.1, 0.15) is 0 Å². The summed E-state index contributed by atoms with van der Waals surface area (Å²) in [6.45, 7) is 0. The molecule has 1 aromatic heterocycles. The summed E-state index contributed by atoms with van der Waals surface area (Å²) in [4.78, 5) is 2.66. The fourth-order valence-corrected chi connectivity index (χ4v) is 3.77. The van der Waals surface area contributed by atoms with Gasteiger partial charge in [0, 0.05) is 23.0 Å². The predicted molar refractivity (Wildman–Crippen MR) is 55.0 cm³/mol. The van der Waals surface area contributed by atoms with E-state index in [-0.39, 0.29) is 11.8 Å². The van der Waals surface area contributed by atoms with E-state index in [1.165, 1.54) is 12.8 Å². The van der Waals surface area contributed by atoms with Crippen LogP contribution >= 0.6 is 0 Å². The van der Waals surface area contributed by atoms with E-state index in [9.17, 15) is 10.2 Å². The van der Waals surface area contributed by atoms with Crippen molar-refractivity contribution in [2.45, 2.75) is 24.7 Å². The van der Waals surface area contributed by atoms with Crippen molar-refractivity contribution in [3.8, 4) is 11.8 Å². The van der Waals surface area contributed by atoms with E-state index in [0.717, 1.165) is 11.1 Å². The fourth-order valence-electron chi connectivity index (χ4n) is 3.77. The molecule has 4 atom stereocenters. The van der Waals surface area contributed by atoms with Crippen LogP contribution in [0.4, 0.5) is 0 Å². The fraction of sp³-hybridized carbons (Fsp3) is 0.500. The monoisotopic (exact) mass is 203 g/mol. The van der Waals surface area contributed by atoms with E-state index < -0.39 is 0 Å². The van der Waals surface area contributed by atoms with Crippen molar-refractivity contribution in [3.05, 3.63) is 23.3 Å². The molecule has 0 saturated heterocycles. The average Bonchev–Trinajstić information content (AvgIpc) is 2.44. The Labute approximate surface area is 87.4 Å². The molecular formula is C12H13NO2. The summed E-state index contributed by atoms with van der Waals surface area (Å²) in [7, 11) is 0. The number of aromatic nitrogens is 1. The van der Waals surface area contributed by atoms with Crippen LogP contribution in [0.5, 0.6) is 11.8 Å². The summed E-state index contributed by atoms with van der Waals surface area (Å²) in [6, 6.07) is 0. The molecule has 3 N–H and O–H groups in total. The van der Waals surface area contributed by atoms with Gasteiger partial charge in [-0.3, -0.25) is 4.98 Å². The molecule has 4 aliphatic rings. The highest BCUT2D eigenvalue weighted by Crippen LogP contribution is 2.63. The van der Waals surface area contributed by atoms with Gasteiger partial charge >= 0.3 is 0 Å². The Kier molecular flexibility index (Phi) is 1.17. The van der Waals surface area contributed by atoms with E-state index >= 15 is 0 Å². The summed E-state index contributed by atoms with van der Waals surface area (Å²) in [5.41, 5.74) is 1.92. The third kappa shape index (κ3) is 0.715. The highest BCUT2D eigenvalue weighted by Gasteiger charge is 2.51. The van der Waals surface area contributed by atoms with Crippen molar-refractivity contribution >= 4 is 0 Å². The molecule has 0 amide bonds. The number of allylic oxidation sites excluding steroid dienone is 2. The summed E-state index contributed by atoms with van der Waals surface area (Å²) in [6.07, 6.45) is 6.95. The van der Waals surface area contributed by atoms with E-state index in [4.69, 9.17) is 0 Å². The van der Waals surface area contributed by atoms with Gasteiger partial charge in [-0.05, 0) is 24.7 Å². The molecule has 0 radical (unpaired) electrons. The Morgan fingerprint density at radius 1 is 0.933 bits per heavy atom. The van der Waals surface area contributed by atoms with Crippen LogP contribution < -0.4 is 0 Å². The molecule has 4 aliphatic carbocycles. The smallest absolute Gasteiger partial charge is 0.195 e. The van der Waals surface area contributed by atoms with Crippen LogP contribution in [0, 0.1) is 11.8 Å². The topological polar surface area (TPSA) is 56.2 Å². The molecule has 1 fully saturated rings. The molecule has 1 saturated carbocycles. The number of hydrogen-bond donors (Lipinski definition) is 3. The molecule has 5 rings (SSSR count). The lowest BCUT2D eigenvalue weighted by Gasteiger charge is -2.51. The number of rotatable bonds is 0. The lowest BCUT2D eigenvalue weighted by atomic mass is 9.52. The molecule has 0 aromatic carbocycles. The number of aromatic hydroxyl groups is 2. The molecule has 15 heavy (non-hydrogen) atoms. The Morgan fingerprint density at radius 3 is 1.80 bits per heavy atom. The highest BCUT2D eigenvalue weighted by molar-refractivity contribution is 5.56. The quantitative estimate of drug-likeness (QED) is 0.566. The first-order valence-electron chi connectivity index (χ1n) is 5.59. The molecular weight excluding hydrogens is 190 g/mol. The van der Waals surface area contributed by atoms with Crippen LogP contribution in [0.3, 0.4) is 0 Å². The van der Waals surface area contributed by atoms with Gasteiger partial charge in [0.15, 0.2) is 11.8 Å². The number of aromatic amines is 1. The van der Waals surface area contributed by atoms with Crippen LogP contribution in [0.2, 0.25) is 0 Å².